The van der Waals surface area contributed by atoms with Crippen molar-refractivity contribution in [3.8, 4) is 0 Å². The molecule has 1 atom stereocenters. The summed E-state index contributed by atoms with van der Waals surface area (Å²) in [5.74, 6) is 0. The fourth-order valence-corrected chi connectivity index (χ4v) is 2.30. The van der Waals surface area contributed by atoms with Crippen LogP contribution in [0, 0.1) is 0 Å². The molecule has 0 aliphatic rings. The van der Waals surface area contributed by atoms with Gasteiger partial charge in [-0.2, -0.15) is 0 Å². The molecule has 0 spiro atoms. The van der Waals surface area contributed by atoms with Gasteiger partial charge < -0.3 is 9.84 Å². The van der Waals surface area contributed by atoms with Gasteiger partial charge >= 0.3 is 0 Å². The van der Waals surface area contributed by atoms with E-state index in [9.17, 15) is 5.11 Å². The Morgan fingerprint density at radius 2 is 2.43 bits per heavy atom. The number of ether oxygens (including phenoxy) is 1. The summed E-state index contributed by atoms with van der Waals surface area (Å²) in [7, 11) is 1.71. The highest BCUT2D eigenvalue weighted by atomic mass is 32.1. The molecule has 0 saturated carbocycles. The molecule has 1 aromatic rings. The molecule has 14 heavy (non-hydrogen) atoms. The molecule has 1 aromatic heterocycles. The number of aliphatic hydroxyl groups excluding tert-OH is 1. The predicted molar refractivity (Wildman–Crippen MR) is 57.7 cm³/mol. The quantitative estimate of drug-likeness (QED) is 0.734. The van der Waals surface area contributed by atoms with Crippen molar-refractivity contribution in [2.75, 3.05) is 13.7 Å². The maximum atomic E-state index is 9.19. The van der Waals surface area contributed by atoms with Crippen molar-refractivity contribution >= 4 is 11.3 Å². The number of aryl methyl sites for hydroxylation is 1. The van der Waals surface area contributed by atoms with E-state index in [1.165, 1.54) is 0 Å². The zero-order valence-corrected chi connectivity index (χ0v) is 9.51. The van der Waals surface area contributed by atoms with E-state index >= 15 is 0 Å². The van der Waals surface area contributed by atoms with E-state index in [2.05, 4.69) is 4.98 Å². The first-order chi connectivity index (χ1) is 6.72. The SMILES string of the molecule is COCCCc1ncc(CC(C)O)s1. The Balaban J connectivity index is 2.35. The highest BCUT2D eigenvalue weighted by Gasteiger charge is 2.04. The minimum Gasteiger partial charge on any atom is -0.393 e. The Hall–Kier alpha value is -0.450. The van der Waals surface area contributed by atoms with Crippen molar-refractivity contribution in [1.82, 2.24) is 4.98 Å². The van der Waals surface area contributed by atoms with E-state index in [4.69, 9.17) is 4.74 Å². The van der Waals surface area contributed by atoms with Crippen molar-refractivity contribution in [2.24, 2.45) is 0 Å². The summed E-state index contributed by atoms with van der Waals surface area (Å²) in [5.41, 5.74) is 0. The average molecular weight is 215 g/mol. The third-order valence-corrected chi connectivity index (χ3v) is 2.92. The van der Waals surface area contributed by atoms with E-state index in [1.54, 1.807) is 25.4 Å². The molecule has 0 saturated heterocycles. The number of nitrogens with zero attached hydrogens (tertiary/aromatic N) is 1. The van der Waals surface area contributed by atoms with Crippen LogP contribution in [0.5, 0.6) is 0 Å². The van der Waals surface area contributed by atoms with Crippen molar-refractivity contribution in [1.29, 1.82) is 0 Å². The number of aromatic nitrogens is 1. The van der Waals surface area contributed by atoms with Crippen LogP contribution < -0.4 is 0 Å². The lowest BCUT2D eigenvalue weighted by atomic mass is 10.3. The van der Waals surface area contributed by atoms with Crippen LogP contribution in [-0.2, 0) is 17.6 Å². The second-order valence-electron chi connectivity index (χ2n) is 3.37. The molecule has 0 fully saturated rings. The number of thiazole rings is 1. The van der Waals surface area contributed by atoms with Crippen LogP contribution in [0.3, 0.4) is 0 Å². The molecule has 0 radical (unpaired) electrons. The smallest absolute Gasteiger partial charge is 0.0928 e. The molecule has 0 aliphatic carbocycles. The van der Waals surface area contributed by atoms with Crippen LogP contribution >= 0.6 is 11.3 Å². The van der Waals surface area contributed by atoms with Gasteiger partial charge in [0, 0.05) is 37.6 Å². The average Bonchev–Trinajstić information content (AvgIpc) is 2.52. The Kier molecular flexibility index (Phi) is 5.07. The summed E-state index contributed by atoms with van der Waals surface area (Å²) < 4.78 is 4.97. The van der Waals surface area contributed by atoms with Crippen LogP contribution in [-0.4, -0.2) is 29.9 Å². The number of hydrogen-bond acceptors (Lipinski definition) is 4. The van der Waals surface area contributed by atoms with Crippen molar-refractivity contribution in [3.63, 3.8) is 0 Å². The predicted octanol–water partition coefficient (Wildman–Crippen LogP) is 1.65. The lowest BCUT2D eigenvalue weighted by molar-refractivity contribution is 0.195. The molecule has 4 heteroatoms. The van der Waals surface area contributed by atoms with Gasteiger partial charge in [-0.25, -0.2) is 4.98 Å². The summed E-state index contributed by atoms with van der Waals surface area (Å²) in [5, 5.41) is 10.3. The highest BCUT2D eigenvalue weighted by molar-refractivity contribution is 7.11. The molecule has 1 unspecified atom stereocenters. The second kappa shape index (κ2) is 6.11. The Bertz CT molecular complexity index is 260. The first-order valence-electron chi connectivity index (χ1n) is 4.83. The lowest BCUT2D eigenvalue weighted by Crippen LogP contribution is -2.01. The third kappa shape index (κ3) is 4.17. The zero-order chi connectivity index (χ0) is 10.4. The second-order valence-corrected chi connectivity index (χ2v) is 4.57. The van der Waals surface area contributed by atoms with Gasteiger partial charge in [0.05, 0.1) is 11.1 Å². The molecule has 3 nitrogen and oxygen atoms in total. The Labute approximate surface area is 88.8 Å². The minimum absolute atomic E-state index is 0.276. The van der Waals surface area contributed by atoms with Gasteiger partial charge in [0.2, 0.25) is 0 Å². The van der Waals surface area contributed by atoms with E-state index in [0.717, 1.165) is 29.3 Å². The normalized spacial score (nSPS) is 13.1. The van der Waals surface area contributed by atoms with Crippen LogP contribution in [0.4, 0.5) is 0 Å². The van der Waals surface area contributed by atoms with Crippen LogP contribution in [0.1, 0.15) is 23.2 Å². The van der Waals surface area contributed by atoms with Crippen molar-refractivity contribution in [2.45, 2.75) is 32.3 Å². The molecule has 1 heterocycles. The molecule has 0 bridgehead atoms. The van der Waals surface area contributed by atoms with E-state index < -0.39 is 0 Å². The van der Waals surface area contributed by atoms with Gasteiger partial charge in [-0.15, -0.1) is 11.3 Å². The molecule has 0 aliphatic heterocycles. The van der Waals surface area contributed by atoms with Crippen molar-refractivity contribution in [3.05, 3.63) is 16.1 Å². The van der Waals surface area contributed by atoms with Gasteiger partial charge in [-0.3, -0.25) is 0 Å². The molecule has 0 amide bonds. The van der Waals surface area contributed by atoms with Crippen LogP contribution in [0.2, 0.25) is 0 Å². The molecule has 0 aromatic carbocycles. The highest BCUT2D eigenvalue weighted by Crippen LogP contribution is 2.16. The largest absolute Gasteiger partial charge is 0.393 e. The summed E-state index contributed by atoms with van der Waals surface area (Å²) in [6.45, 7) is 2.58. The maximum Gasteiger partial charge on any atom is 0.0928 e. The summed E-state index contributed by atoms with van der Waals surface area (Å²) >= 11 is 1.68. The van der Waals surface area contributed by atoms with Gasteiger partial charge in [0.15, 0.2) is 0 Å². The first kappa shape index (κ1) is 11.6. The fraction of sp³-hybridized carbons (Fsp3) is 0.700. The number of methoxy groups -OCH3 is 1. The molecule has 1 rings (SSSR count). The first-order valence-corrected chi connectivity index (χ1v) is 5.64. The van der Waals surface area contributed by atoms with Crippen LogP contribution in [0.25, 0.3) is 0 Å². The van der Waals surface area contributed by atoms with Crippen molar-refractivity contribution < 1.29 is 9.84 Å². The fourth-order valence-electron chi connectivity index (χ4n) is 1.22. The number of hydrogen-bond donors (Lipinski definition) is 1. The van der Waals surface area contributed by atoms with Crippen LogP contribution in [0.15, 0.2) is 6.20 Å². The molecular weight excluding hydrogens is 198 g/mol. The molecular formula is C10H17NO2S. The van der Waals surface area contributed by atoms with Gasteiger partial charge in [-0.1, -0.05) is 0 Å². The number of aliphatic hydroxyl groups is 1. The monoisotopic (exact) mass is 215 g/mol. The topological polar surface area (TPSA) is 42.4 Å². The third-order valence-electron chi connectivity index (χ3n) is 1.84. The summed E-state index contributed by atoms with van der Waals surface area (Å²) in [6, 6.07) is 0. The minimum atomic E-state index is -0.276. The summed E-state index contributed by atoms with van der Waals surface area (Å²) in [6.07, 6.45) is 4.28. The lowest BCUT2D eigenvalue weighted by Gasteiger charge is -1.98. The van der Waals surface area contributed by atoms with Gasteiger partial charge in [-0.05, 0) is 13.3 Å². The van der Waals surface area contributed by atoms with Gasteiger partial charge in [0.1, 0.15) is 0 Å². The Morgan fingerprint density at radius 1 is 1.64 bits per heavy atom. The summed E-state index contributed by atoms with van der Waals surface area (Å²) in [4.78, 5) is 5.45. The van der Waals surface area contributed by atoms with E-state index in [-0.39, 0.29) is 6.10 Å². The molecule has 1 N–H and O–H groups in total. The Morgan fingerprint density at radius 3 is 3.07 bits per heavy atom. The van der Waals surface area contributed by atoms with E-state index in [1.807, 2.05) is 6.20 Å². The molecule has 80 valence electrons. The van der Waals surface area contributed by atoms with E-state index in [0.29, 0.717) is 6.42 Å². The number of rotatable bonds is 6. The van der Waals surface area contributed by atoms with Gasteiger partial charge in [0.25, 0.3) is 0 Å². The zero-order valence-electron chi connectivity index (χ0n) is 8.69. The standard InChI is InChI=1S/C10H17NO2S/c1-8(12)6-9-7-11-10(14-9)4-3-5-13-2/h7-8,12H,3-6H2,1-2H3. The maximum absolute atomic E-state index is 9.19.